The molecular formula is C17H28ClN3. The van der Waals surface area contributed by atoms with E-state index in [0.717, 1.165) is 49.6 Å². The van der Waals surface area contributed by atoms with Crippen LogP contribution in [0.15, 0.2) is 18.2 Å². The van der Waals surface area contributed by atoms with Crippen molar-refractivity contribution >= 4 is 17.3 Å². The van der Waals surface area contributed by atoms with E-state index >= 15 is 0 Å². The van der Waals surface area contributed by atoms with E-state index in [4.69, 9.17) is 17.3 Å². The largest absolute Gasteiger partial charge is 0.369 e. The summed E-state index contributed by atoms with van der Waals surface area (Å²) in [4.78, 5) is 4.96. The maximum atomic E-state index is 6.45. The highest BCUT2D eigenvalue weighted by molar-refractivity contribution is 6.31. The van der Waals surface area contributed by atoms with Crippen molar-refractivity contribution in [1.29, 1.82) is 0 Å². The molecule has 1 heterocycles. The Balaban J connectivity index is 2.06. The van der Waals surface area contributed by atoms with Gasteiger partial charge >= 0.3 is 0 Å². The van der Waals surface area contributed by atoms with E-state index in [1.807, 2.05) is 0 Å². The normalized spacial score (nSPS) is 21.6. The van der Waals surface area contributed by atoms with Gasteiger partial charge in [-0.3, -0.25) is 4.90 Å². The van der Waals surface area contributed by atoms with Gasteiger partial charge in [-0.05, 0) is 44.0 Å². The zero-order valence-corrected chi connectivity index (χ0v) is 14.2. The Labute approximate surface area is 134 Å². The molecule has 1 aromatic rings. The monoisotopic (exact) mass is 309 g/mol. The van der Waals surface area contributed by atoms with E-state index in [-0.39, 0.29) is 6.04 Å². The van der Waals surface area contributed by atoms with Crippen molar-refractivity contribution in [1.82, 2.24) is 4.90 Å². The number of rotatable bonds is 5. The lowest BCUT2D eigenvalue weighted by atomic mass is 10.0. The summed E-state index contributed by atoms with van der Waals surface area (Å²) < 4.78 is 0. The zero-order valence-electron chi connectivity index (χ0n) is 13.5. The molecule has 3 nitrogen and oxygen atoms in total. The van der Waals surface area contributed by atoms with Crippen molar-refractivity contribution < 1.29 is 0 Å². The summed E-state index contributed by atoms with van der Waals surface area (Å²) in [6.45, 7) is 11.0. The van der Waals surface area contributed by atoms with Crippen molar-refractivity contribution in [3.05, 3.63) is 28.8 Å². The molecule has 0 aromatic heterocycles. The number of piperazine rings is 1. The first-order valence-electron chi connectivity index (χ1n) is 8.08. The summed E-state index contributed by atoms with van der Waals surface area (Å²) in [6.07, 6.45) is 1.84. The van der Waals surface area contributed by atoms with Gasteiger partial charge < -0.3 is 10.6 Å². The number of likely N-dealkylation sites (N-methyl/N-ethyl adjacent to an activating group) is 1. The lowest BCUT2D eigenvalue weighted by Gasteiger charge is -2.40. The standard InChI is InChI=1S/C17H28ClN3/c1-4-15(19)10-14-6-7-16(11-17(14)18)21-9-8-20(5-2)13(3)12-21/h6-7,11,13,15H,4-5,8-10,12,19H2,1-3H3. The Morgan fingerprint density at radius 3 is 2.67 bits per heavy atom. The van der Waals surface area contributed by atoms with Gasteiger partial charge in [-0.15, -0.1) is 0 Å². The Hall–Kier alpha value is -0.770. The molecule has 1 aliphatic rings. The van der Waals surface area contributed by atoms with Gasteiger partial charge in [0.05, 0.1) is 0 Å². The quantitative estimate of drug-likeness (QED) is 0.907. The van der Waals surface area contributed by atoms with Gasteiger partial charge in [0.15, 0.2) is 0 Å². The van der Waals surface area contributed by atoms with Crippen molar-refractivity contribution in [2.24, 2.45) is 5.73 Å². The molecule has 118 valence electrons. The van der Waals surface area contributed by atoms with Crippen LogP contribution in [0.1, 0.15) is 32.8 Å². The first kappa shape index (κ1) is 16.6. The molecule has 2 rings (SSSR count). The number of nitrogens with two attached hydrogens (primary N) is 1. The number of hydrogen-bond acceptors (Lipinski definition) is 3. The van der Waals surface area contributed by atoms with E-state index in [9.17, 15) is 0 Å². The molecule has 0 amide bonds. The number of hydrogen-bond donors (Lipinski definition) is 1. The molecule has 0 radical (unpaired) electrons. The summed E-state index contributed by atoms with van der Waals surface area (Å²) in [7, 11) is 0. The minimum atomic E-state index is 0.196. The predicted octanol–water partition coefficient (Wildman–Crippen LogP) is 3.15. The number of anilines is 1. The van der Waals surface area contributed by atoms with Gasteiger partial charge in [0, 0.05) is 42.4 Å². The van der Waals surface area contributed by atoms with Gasteiger partial charge in [-0.25, -0.2) is 0 Å². The van der Waals surface area contributed by atoms with E-state index in [0.29, 0.717) is 6.04 Å². The average Bonchev–Trinajstić information content (AvgIpc) is 2.49. The summed E-state index contributed by atoms with van der Waals surface area (Å²) in [5, 5.41) is 0.849. The highest BCUT2D eigenvalue weighted by Crippen LogP contribution is 2.26. The molecule has 0 bridgehead atoms. The fourth-order valence-electron chi connectivity index (χ4n) is 3.02. The molecule has 0 saturated carbocycles. The SMILES string of the molecule is CCC(N)Cc1ccc(N2CCN(CC)C(C)C2)cc1Cl. The van der Waals surface area contributed by atoms with Crippen LogP contribution >= 0.6 is 11.6 Å². The minimum absolute atomic E-state index is 0.196. The maximum absolute atomic E-state index is 6.45. The summed E-state index contributed by atoms with van der Waals surface area (Å²) in [5.41, 5.74) is 8.42. The highest BCUT2D eigenvalue weighted by Gasteiger charge is 2.22. The Morgan fingerprint density at radius 1 is 1.33 bits per heavy atom. The van der Waals surface area contributed by atoms with Crippen LogP contribution in [0.2, 0.25) is 5.02 Å². The topological polar surface area (TPSA) is 32.5 Å². The van der Waals surface area contributed by atoms with Crippen LogP contribution in [-0.2, 0) is 6.42 Å². The summed E-state index contributed by atoms with van der Waals surface area (Å²) >= 11 is 6.45. The molecule has 1 saturated heterocycles. The second-order valence-electron chi connectivity index (χ2n) is 6.07. The van der Waals surface area contributed by atoms with E-state index in [2.05, 4.69) is 48.8 Å². The molecule has 0 spiro atoms. The van der Waals surface area contributed by atoms with Crippen LogP contribution in [0.5, 0.6) is 0 Å². The molecule has 2 unspecified atom stereocenters. The Kier molecular flexibility index (Phi) is 5.91. The maximum Gasteiger partial charge on any atom is 0.0459 e. The van der Waals surface area contributed by atoms with Gasteiger partial charge in [0.1, 0.15) is 0 Å². The fourth-order valence-corrected chi connectivity index (χ4v) is 3.28. The first-order chi connectivity index (χ1) is 10.0. The van der Waals surface area contributed by atoms with E-state index in [1.54, 1.807) is 0 Å². The molecule has 2 N–H and O–H groups in total. The van der Waals surface area contributed by atoms with Crippen LogP contribution in [0, 0.1) is 0 Å². The highest BCUT2D eigenvalue weighted by atomic mass is 35.5. The third-order valence-electron chi connectivity index (χ3n) is 4.58. The molecule has 0 aliphatic carbocycles. The van der Waals surface area contributed by atoms with Crippen molar-refractivity contribution in [3.63, 3.8) is 0 Å². The second kappa shape index (κ2) is 7.48. The molecule has 4 heteroatoms. The predicted molar refractivity (Wildman–Crippen MR) is 92.3 cm³/mol. The van der Waals surface area contributed by atoms with E-state index in [1.165, 1.54) is 5.69 Å². The molecule has 1 fully saturated rings. The van der Waals surface area contributed by atoms with Crippen molar-refractivity contribution in [2.75, 3.05) is 31.1 Å². The molecule has 21 heavy (non-hydrogen) atoms. The van der Waals surface area contributed by atoms with Crippen LogP contribution in [-0.4, -0.2) is 43.2 Å². The molecule has 1 aliphatic heterocycles. The van der Waals surface area contributed by atoms with Gasteiger partial charge in [0.25, 0.3) is 0 Å². The number of nitrogens with zero attached hydrogens (tertiary/aromatic N) is 2. The first-order valence-corrected chi connectivity index (χ1v) is 8.45. The van der Waals surface area contributed by atoms with Crippen LogP contribution in [0.4, 0.5) is 5.69 Å². The number of benzene rings is 1. The van der Waals surface area contributed by atoms with E-state index < -0.39 is 0 Å². The van der Waals surface area contributed by atoms with Gasteiger partial charge in [-0.1, -0.05) is 31.5 Å². The Morgan fingerprint density at radius 2 is 2.10 bits per heavy atom. The van der Waals surface area contributed by atoms with Crippen LogP contribution < -0.4 is 10.6 Å². The second-order valence-corrected chi connectivity index (χ2v) is 6.48. The lowest BCUT2D eigenvalue weighted by Crippen LogP contribution is -2.51. The molecular weight excluding hydrogens is 282 g/mol. The summed E-state index contributed by atoms with van der Waals surface area (Å²) in [6, 6.07) is 7.23. The minimum Gasteiger partial charge on any atom is -0.369 e. The van der Waals surface area contributed by atoms with Crippen LogP contribution in [0.25, 0.3) is 0 Å². The van der Waals surface area contributed by atoms with Crippen molar-refractivity contribution in [3.8, 4) is 0 Å². The molecule has 1 aromatic carbocycles. The lowest BCUT2D eigenvalue weighted by molar-refractivity contribution is 0.199. The van der Waals surface area contributed by atoms with Crippen molar-refractivity contribution in [2.45, 2.75) is 45.7 Å². The fraction of sp³-hybridized carbons (Fsp3) is 0.647. The van der Waals surface area contributed by atoms with Crippen LogP contribution in [0.3, 0.4) is 0 Å². The molecule has 2 atom stereocenters. The third-order valence-corrected chi connectivity index (χ3v) is 4.93. The smallest absolute Gasteiger partial charge is 0.0459 e. The van der Waals surface area contributed by atoms with Gasteiger partial charge in [-0.2, -0.15) is 0 Å². The Bertz CT molecular complexity index is 463. The van der Waals surface area contributed by atoms with Gasteiger partial charge in [0.2, 0.25) is 0 Å². The summed E-state index contributed by atoms with van der Waals surface area (Å²) in [5.74, 6) is 0. The zero-order chi connectivity index (χ0) is 15.4. The third kappa shape index (κ3) is 4.12. The number of halogens is 1. The average molecular weight is 310 g/mol.